The van der Waals surface area contributed by atoms with E-state index in [0.717, 1.165) is 11.4 Å². The summed E-state index contributed by atoms with van der Waals surface area (Å²) in [4.78, 5) is 2.46. The molecular weight excluding hydrogens is 559 g/mol. The molecule has 0 saturated heterocycles. The third-order valence-electron chi connectivity index (χ3n) is 8.45. The molecule has 3 heteroatoms. The lowest BCUT2D eigenvalue weighted by Crippen LogP contribution is -2.10. The molecule has 0 aliphatic rings. The summed E-state index contributed by atoms with van der Waals surface area (Å²) in [6.45, 7) is 0. The maximum atomic E-state index is 2.46. The van der Waals surface area contributed by atoms with Crippen LogP contribution < -0.4 is 4.90 Å². The van der Waals surface area contributed by atoms with Crippen LogP contribution in [0.4, 0.5) is 17.1 Å². The Hall–Kier alpha value is -4.96. The van der Waals surface area contributed by atoms with Crippen LogP contribution in [0.1, 0.15) is 0 Å². The molecule has 1 nitrogen and oxygen atoms in total. The molecular formula is C40H25NS2. The summed E-state index contributed by atoms with van der Waals surface area (Å²) in [5.41, 5.74) is 5.97. The van der Waals surface area contributed by atoms with E-state index in [-0.39, 0.29) is 0 Å². The van der Waals surface area contributed by atoms with Crippen molar-refractivity contribution in [3.05, 3.63) is 152 Å². The molecule has 0 aliphatic heterocycles. The Morgan fingerprint density at radius 1 is 0.395 bits per heavy atom. The molecule has 0 bridgehead atoms. The molecule has 0 spiro atoms. The highest BCUT2D eigenvalue weighted by Gasteiger charge is 2.20. The van der Waals surface area contributed by atoms with Gasteiger partial charge in [0, 0.05) is 51.7 Å². The number of nitrogens with zero attached hydrogens (tertiary/aromatic N) is 1. The molecule has 0 amide bonds. The van der Waals surface area contributed by atoms with Gasteiger partial charge < -0.3 is 4.90 Å². The fourth-order valence-corrected chi connectivity index (χ4v) is 8.78. The first-order chi connectivity index (χ1) is 21.3. The van der Waals surface area contributed by atoms with E-state index in [4.69, 9.17) is 0 Å². The molecule has 2 aromatic heterocycles. The quantitative estimate of drug-likeness (QED) is 0.199. The first-order valence-electron chi connectivity index (χ1n) is 14.5. The Morgan fingerprint density at radius 2 is 1.02 bits per heavy atom. The highest BCUT2D eigenvalue weighted by molar-refractivity contribution is 7.26. The molecule has 9 aromatic rings. The van der Waals surface area contributed by atoms with Gasteiger partial charge in [0.05, 0.1) is 5.69 Å². The van der Waals surface area contributed by atoms with Crippen molar-refractivity contribution in [2.24, 2.45) is 0 Å². The molecule has 0 fully saturated rings. The second-order valence-electron chi connectivity index (χ2n) is 10.9. The topological polar surface area (TPSA) is 3.24 Å². The first-order valence-corrected chi connectivity index (χ1v) is 16.1. The normalized spacial score (nSPS) is 11.7. The van der Waals surface area contributed by atoms with Crippen LogP contribution in [0, 0.1) is 0 Å². The van der Waals surface area contributed by atoms with Crippen LogP contribution in [-0.4, -0.2) is 0 Å². The molecule has 0 atom stereocenters. The van der Waals surface area contributed by atoms with Crippen LogP contribution in [0.3, 0.4) is 0 Å². The summed E-state index contributed by atoms with van der Waals surface area (Å²) >= 11 is 3.73. The van der Waals surface area contributed by atoms with E-state index in [1.807, 2.05) is 22.7 Å². The van der Waals surface area contributed by atoms with Crippen molar-refractivity contribution >= 4 is 90.9 Å². The summed E-state index contributed by atoms with van der Waals surface area (Å²) in [6.07, 6.45) is 0. The third-order valence-corrected chi connectivity index (χ3v) is 10.7. The van der Waals surface area contributed by atoms with Gasteiger partial charge in [-0.3, -0.25) is 0 Å². The molecule has 7 aromatic carbocycles. The van der Waals surface area contributed by atoms with E-state index in [0.29, 0.717) is 0 Å². The van der Waals surface area contributed by atoms with Crippen molar-refractivity contribution in [2.45, 2.75) is 0 Å². The molecule has 0 N–H and O–H groups in total. The largest absolute Gasteiger partial charge is 0.310 e. The minimum atomic E-state index is 1.15. The summed E-state index contributed by atoms with van der Waals surface area (Å²) in [7, 11) is 0. The minimum Gasteiger partial charge on any atom is -0.310 e. The SMILES string of the molecule is c1cc(-c2cccc3ccccc23)cc(N(c2ccc3c(c2)sc2ccccc23)c2cccc3sc4ccccc4c23)c1. The minimum absolute atomic E-state index is 1.15. The standard InChI is InChI=1S/C40H25NS2/c1-2-14-30-26(10-1)11-8-17-31(30)27-12-7-13-28(24-27)41(29-22-23-33-32-15-3-5-19-36(32)43-39(33)25-29)35-18-9-21-38-40(35)34-16-4-6-20-37(34)42-38/h1-25H. The average molecular weight is 584 g/mol. The predicted octanol–water partition coefficient (Wildman–Crippen LogP) is 12.7. The first kappa shape index (κ1) is 24.6. The summed E-state index contributed by atoms with van der Waals surface area (Å²) < 4.78 is 5.24. The number of hydrogen-bond donors (Lipinski definition) is 0. The van der Waals surface area contributed by atoms with Gasteiger partial charge in [0.2, 0.25) is 0 Å². The Kier molecular flexibility index (Phi) is 5.62. The monoisotopic (exact) mass is 583 g/mol. The van der Waals surface area contributed by atoms with E-state index in [2.05, 4.69) is 157 Å². The summed E-state index contributed by atoms with van der Waals surface area (Å²) in [5.74, 6) is 0. The van der Waals surface area contributed by atoms with Gasteiger partial charge in [0.1, 0.15) is 0 Å². The van der Waals surface area contributed by atoms with Gasteiger partial charge in [-0.2, -0.15) is 0 Å². The van der Waals surface area contributed by atoms with Crippen LogP contribution in [0.25, 0.3) is 62.2 Å². The number of thiophene rings is 2. The zero-order valence-electron chi connectivity index (χ0n) is 23.2. The van der Waals surface area contributed by atoms with Crippen LogP contribution in [0.5, 0.6) is 0 Å². The van der Waals surface area contributed by atoms with E-state index in [1.165, 1.54) is 67.9 Å². The highest BCUT2D eigenvalue weighted by Crippen LogP contribution is 2.47. The number of rotatable bonds is 4. The van der Waals surface area contributed by atoms with Gasteiger partial charge in [-0.1, -0.05) is 103 Å². The smallest absolute Gasteiger partial charge is 0.0554 e. The van der Waals surface area contributed by atoms with Crippen molar-refractivity contribution in [3.8, 4) is 11.1 Å². The van der Waals surface area contributed by atoms with E-state index in [1.54, 1.807) is 0 Å². The number of fused-ring (bicyclic) bond motifs is 7. The Labute approximate surface area is 257 Å². The second kappa shape index (κ2) is 9.81. The summed E-state index contributed by atoms with van der Waals surface area (Å²) in [5, 5.41) is 7.77. The van der Waals surface area contributed by atoms with Crippen molar-refractivity contribution in [1.82, 2.24) is 0 Å². The lowest BCUT2D eigenvalue weighted by molar-refractivity contribution is 1.31. The van der Waals surface area contributed by atoms with Gasteiger partial charge >= 0.3 is 0 Å². The van der Waals surface area contributed by atoms with Crippen molar-refractivity contribution in [2.75, 3.05) is 4.90 Å². The molecule has 202 valence electrons. The van der Waals surface area contributed by atoms with E-state index >= 15 is 0 Å². The van der Waals surface area contributed by atoms with Gasteiger partial charge in [0.15, 0.2) is 0 Å². The predicted molar refractivity (Wildman–Crippen MR) is 190 cm³/mol. The molecule has 0 radical (unpaired) electrons. The highest BCUT2D eigenvalue weighted by atomic mass is 32.1. The number of hydrogen-bond acceptors (Lipinski definition) is 3. The molecule has 43 heavy (non-hydrogen) atoms. The molecule has 0 saturated carbocycles. The van der Waals surface area contributed by atoms with Crippen molar-refractivity contribution in [3.63, 3.8) is 0 Å². The van der Waals surface area contributed by atoms with Crippen LogP contribution in [0.2, 0.25) is 0 Å². The zero-order valence-corrected chi connectivity index (χ0v) is 24.8. The van der Waals surface area contributed by atoms with Crippen LogP contribution >= 0.6 is 22.7 Å². The number of benzene rings is 7. The molecule has 2 heterocycles. The van der Waals surface area contributed by atoms with E-state index < -0.39 is 0 Å². The lowest BCUT2D eigenvalue weighted by atomic mass is 9.97. The maximum absolute atomic E-state index is 2.46. The van der Waals surface area contributed by atoms with Crippen molar-refractivity contribution in [1.29, 1.82) is 0 Å². The van der Waals surface area contributed by atoms with Crippen molar-refractivity contribution < 1.29 is 0 Å². The van der Waals surface area contributed by atoms with Crippen LogP contribution in [-0.2, 0) is 0 Å². The lowest BCUT2D eigenvalue weighted by Gasteiger charge is -2.27. The van der Waals surface area contributed by atoms with Gasteiger partial charge in [-0.05, 0) is 70.4 Å². The zero-order chi connectivity index (χ0) is 28.3. The Bertz CT molecular complexity index is 2480. The Balaban J connectivity index is 1.31. The number of anilines is 3. The fourth-order valence-electron chi connectivity index (χ4n) is 6.51. The Morgan fingerprint density at radius 3 is 1.93 bits per heavy atom. The third kappa shape index (κ3) is 3.97. The summed E-state index contributed by atoms with van der Waals surface area (Å²) in [6, 6.07) is 55.5. The molecule has 0 unspecified atom stereocenters. The fraction of sp³-hybridized carbons (Fsp3) is 0. The maximum Gasteiger partial charge on any atom is 0.0554 e. The van der Waals surface area contributed by atoms with Gasteiger partial charge in [-0.15, -0.1) is 22.7 Å². The molecule has 9 rings (SSSR count). The van der Waals surface area contributed by atoms with Crippen LogP contribution in [0.15, 0.2) is 152 Å². The second-order valence-corrected chi connectivity index (χ2v) is 13.1. The van der Waals surface area contributed by atoms with E-state index in [9.17, 15) is 0 Å². The molecule has 0 aliphatic carbocycles. The van der Waals surface area contributed by atoms with Gasteiger partial charge in [0.25, 0.3) is 0 Å². The van der Waals surface area contributed by atoms with Gasteiger partial charge in [-0.25, -0.2) is 0 Å². The average Bonchev–Trinajstić information content (AvgIpc) is 3.63.